The van der Waals surface area contributed by atoms with Gasteiger partial charge in [-0.1, -0.05) is 23.2 Å². The SMILES string of the molecule is CN1CCC(CN)Cc2c(Cl)cc(Cl)cc21. The highest BCUT2D eigenvalue weighted by Gasteiger charge is 2.21. The van der Waals surface area contributed by atoms with Crippen molar-refractivity contribution >= 4 is 28.9 Å². The fraction of sp³-hybridized carbons (Fsp3) is 0.500. The van der Waals surface area contributed by atoms with Crippen molar-refractivity contribution in [1.29, 1.82) is 0 Å². The van der Waals surface area contributed by atoms with Crippen LogP contribution in [0.5, 0.6) is 0 Å². The van der Waals surface area contributed by atoms with E-state index in [1.807, 2.05) is 12.1 Å². The van der Waals surface area contributed by atoms with Gasteiger partial charge in [-0.05, 0) is 43.0 Å². The molecule has 16 heavy (non-hydrogen) atoms. The molecule has 0 aromatic heterocycles. The van der Waals surface area contributed by atoms with Crippen molar-refractivity contribution < 1.29 is 0 Å². The van der Waals surface area contributed by atoms with Crippen LogP contribution in [0.4, 0.5) is 5.69 Å². The van der Waals surface area contributed by atoms with E-state index in [2.05, 4.69) is 11.9 Å². The standard InChI is InChI=1S/C12H16Cl2N2/c1-16-3-2-8(7-15)4-10-11(14)5-9(13)6-12(10)16/h5-6,8H,2-4,7,15H2,1H3. The first-order chi connectivity index (χ1) is 7.61. The summed E-state index contributed by atoms with van der Waals surface area (Å²) in [7, 11) is 2.07. The number of halogens is 2. The van der Waals surface area contributed by atoms with Crippen molar-refractivity contribution in [2.45, 2.75) is 12.8 Å². The third-order valence-electron chi connectivity index (χ3n) is 3.25. The molecule has 88 valence electrons. The van der Waals surface area contributed by atoms with E-state index < -0.39 is 0 Å². The largest absolute Gasteiger partial charge is 0.374 e. The predicted molar refractivity (Wildman–Crippen MR) is 70.6 cm³/mol. The van der Waals surface area contributed by atoms with Crippen molar-refractivity contribution in [3.05, 3.63) is 27.7 Å². The zero-order chi connectivity index (χ0) is 11.7. The van der Waals surface area contributed by atoms with Crippen LogP contribution >= 0.6 is 23.2 Å². The van der Waals surface area contributed by atoms with E-state index in [0.29, 0.717) is 17.5 Å². The number of fused-ring (bicyclic) bond motifs is 1. The average Bonchev–Trinajstić information content (AvgIpc) is 2.40. The van der Waals surface area contributed by atoms with Crippen LogP contribution in [-0.4, -0.2) is 20.1 Å². The summed E-state index contributed by atoms with van der Waals surface area (Å²) in [6, 6.07) is 3.80. The summed E-state index contributed by atoms with van der Waals surface area (Å²) < 4.78 is 0. The maximum Gasteiger partial charge on any atom is 0.0473 e. The molecule has 0 amide bonds. The highest BCUT2D eigenvalue weighted by Crippen LogP contribution is 2.35. The molecule has 0 bridgehead atoms. The number of rotatable bonds is 1. The molecule has 0 spiro atoms. The van der Waals surface area contributed by atoms with Crippen LogP contribution in [0.3, 0.4) is 0 Å². The lowest BCUT2D eigenvalue weighted by atomic mass is 9.97. The van der Waals surface area contributed by atoms with Crippen LogP contribution in [0.1, 0.15) is 12.0 Å². The van der Waals surface area contributed by atoms with Gasteiger partial charge in [0.25, 0.3) is 0 Å². The normalized spacial score (nSPS) is 20.5. The minimum atomic E-state index is 0.516. The van der Waals surface area contributed by atoms with Crippen LogP contribution in [0.2, 0.25) is 10.0 Å². The topological polar surface area (TPSA) is 29.3 Å². The molecular weight excluding hydrogens is 243 g/mol. The van der Waals surface area contributed by atoms with E-state index in [9.17, 15) is 0 Å². The van der Waals surface area contributed by atoms with Gasteiger partial charge in [0.15, 0.2) is 0 Å². The van der Waals surface area contributed by atoms with Gasteiger partial charge in [-0.25, -0.2) is 0 Å². The Morgan fingerprint density at radius 1 is 1.44 bits per heavy atom. The molecule has 1 aromatic rings. The summed E-state index contributed by atoms with van der Waals surface area (Å²) in [5.74, 6) is 0.516. The summed E-state index contributed by atoms with van der Waals surface area (Å²) in [5.41, 5.74) is 8.10. The first-order valence-corrected chi connectivity index (χ1v) is 6.26. The van der Waals surface area contributed by atoms with Crippen molar-refractivity contribution in [2.75, 3.05) is 25.0 Å². The zero-order valence-corrected chi connectivity index (χ0v) is 10.9. The van der Waals surface area contributed by atoms with Crippen LogP contribution in [0.15, 0.2) is 12.1 Å². The molecule has 1 aliphatic heterocycles. The molecule has 0 saturated carbocycles. The predicted octanol–water partition coefficient (Wildman–Crippen LogP) is 2.95. The maximum atomic E-state index is 6.26. The number of anilines is 1. The Labute approximate surface area is 106 Å². The summed E-state index contributed by atoms with van der Waals surface area (Å²) in [5, 5.41) is 1.46. The minimum absolute atomic E-state index is 0.516. The Kier molecular flexibility index (Phi) is 3.63. The maximum absolute atomic E-state index is 6.26. The number of nitrogens with zero attached hydrogens (tertiary/aromatic N) is 1. The lowest BCUT2D eigenvalue weighted by Crippen LogP contribution is -2.21. The molecule has 0 aliphatic carbocycles. The summed E-state index contributed by atoms with van der Waals surface area (Å²) in [4.78, 5) is 2.21. The van der Waals surface area contributed by atoms with Crippen LogP contribution in [0, 0.1) is 5.92 Å². The average molecular weight is 259 g/mol. The molecule has 0 saturated heterocycles. The summed E-state index contributed by atoms with van der Waals surface area (Å²) in [6.07, 6.45) is 2.06. The minimum Gasteiger partial charge on any atom is -0.374 e. The fourth-order valence-electron chi connectivity index (χ4n) is 2.22. The molecule has 0 radical (unpaired) electrons. The first kappa shape index (κ1) is 12.0. The molecule has 2 nitrogen and oxygen atoms in total. The van der Waals surface area contributed by atoms with E-state index in [0.717, 1.165) is 30.1 Å². The third-order valence-corrected chi connectivity index (χ3v) is 3.80. The van der Waals surface area contributed by atoms with Crippen molar-refractivity contribution in [2.24, 2.45) is 11.7 Å². The Morgan fingerprint density at radius 2 is 2.19 bits per heavy atom. The molecule has 1 heterocycles. The molecule has 1 atom stereocenters. The van der Waals surface area contributed by atoms with Gasteiger partial charge >= 0.3 is 0 Å². The molecule has 0 fully saturated rings. The molecule has 2 N–H and O–H groups in total. The van der Waals surface area contributed by atoms with Crippen molar-refractivity contribution in [1.82, 2.24) is 0 Å². The highest BCUT2D eigenvalue weighted by atomic mass is 35.5. The Hall–Kier alpha value is -0.440. The fourth-order valence-corrected chi connectivity index (χ4v) is 2.78. The smallest absolute Gasteiger partial charge is 0.0473 e. The second-order valence-electron chi connectivity index (χ2n) is 4.40. The molecule has 1 aromatic carbocycles. The van der Waals surface area contributed by atoms with Gasteiger partial charge in [0, 0.05) is 29.3 Å². The molecular formula is C12H16Cl2N2. The van der Waals surface area contributed by atoms with E-state index in [1.165, 1.54) is 5.56 Å². The number of hydrogen-bond acceptors (Lipinski definition) is 2. The molecule has 1 aliphatic rings. The van der Waals surface area contributed by atoms with E-state index in [4.69, 9.17) is 28.9 Å². The van der Waals surface area contributed by atoms with Gasteiger partial charge in [0.05, 0.1) is 0 Å². The highest BCUT2D eigenvalue weighted by molar-refractivity contribution is 6.35. The number of benzene rings is 1. The van der Waals surface area contributed by atoms with E-state index in [-0.39, 0.29) is 0 Å². The first-order valence-electron chi connectivity index (χ1n) is 5.51. The third kappa shape index (κ3) is 2.29. The van der Waals surface area contributed by atoms with Gasteiger partial charge in [0.2, 0.25) is 0 Å². The van der Waals surface area contributed by atoms with Gasteiger partial charge in [-0.15, -0.1) is 0 Å². The van der Waals surface area contributed by atoms with Gasteiger partial charge in [-0.2, -0.15) is 0 Å². The molecule has 4 heteroatoms. The monoisotopic (exact) mass is 258 g/mol. The molecule has 1 unspecified atom stereocenters. The number of hydrogen-bond donors (Lipinski definition) is 1. The quantitative estimate of drug-likeness (QED) is 0.840. The second kappa shape index (κ2) is 4.82. The Bertz CT molecular complexity index is 393. The zero-order valence-electron chi connectivity index (χ0n) is 9.34. The van der Waals surface area contributed by atoms with Gasteiger partial charge in [0.1, 0.15) is 0 Å². The van der Waals surface area contributed by atoms with Crippen molar-refractivity contribution in [3.63, 3.8) is 0 Å². The number of nitrogens with two attached hydrogens (primary N) is 1. The van der Waals surface area contributed by atoms with Crippen molar-refractivity contribution in [3.8, 4) is 0 Å². The van der Waals surface area contributed by atoms with E-state index >= 15 is 0 Å². The van der Waals surface area contributed by atoms with Gasteiger partial charge < -0.3 is 10.6 Å². The Morgan fingerprint density at radius 3 is 2.88 bits per heavy atom. The molecule has 2 rings (SSSR count). The summed E-state index contributed by atoms with van der Waals surface area (Å²) in [6.45, 7) is 1.72. The lowest BCUT2D eigenvalue weighted by molar-refractivity contribution is 0.509. The second-order valence-corrected chi connectivity index (χ2v) is 5.25. The van der Waals surface area contributed by atoms with Crippen LogP contribution in [0.25, 0.3) is 0 Å². The van der Waals surface area contributed by atoms with Crippen LogP contribution in [-0.2, 0) is 6.42 Å². The Balaban J connectivity index is 2.45. The van der Waals surface area contributed by atoms with Crippen LogP contribution < -0.4 is 10.6 Å². The lowest BCUT2D eigenvalue weighted by Gasteiger charge is -2.20. The van der Waals surface area contributed by atoms with E-state index in [1.54, 1.807) is 0 Å². The van der Waals surface area contributed by atoms with Gasteiger partial charge in [-0.3, -0.25) is 0 Å². The summed E-state index contributed by atoms with van der Waals surface area (Å²) >= 11 is 12.3.